The lowest BCUT2D eigenvalue weighted by Crippen LogP contribution is -2.51. The number of aliphatic carboxylic acids is 1. The highest BCUT2D eigenvalue weighted by atomic mass is 32.1. The van der Waals surface area contributed by atoms with Gasteiger partial charge in [0.1, 0.15) is 6.54 Å². The van der Waals surface area contributed by atoms with Gasteiger partial charge in [0.2, 0.25) is 0 Å². The highest BCUT2D eigenvalue weighted by Crippen LogP contribution is 2.41. The SMILES string of the molecule is CC1=C(C#N)[C@@H](c2ccc(C#N)cc2S)N(CC(=O)O)C(=O)N1c1cccc(C(F)(F)F)c1. The standard InChI is InChI=1S/C22H15F3N4O3S/c1-12-17(10-27)20(16-6-5-13(9-26)7-18(16)33)28(11-19(30)31)21(32)29(12)15-4-2-3-14(8-15)22(23,24)25/h2-8,20,33H,11H2,1H3,(H,30,31)/t20-/m1/s1. The Morgan fingerprint density at radius 2 is 1.88 bits per heavy atom. The highest BCUT2D eigenvalue weighted by Gasteiger charge is 2.42. The molecule has 1 heterocycles. The van der Waals surface area contributed by atoms with Gasteiger partial charge >= 0.3 is 18.2 Å². The first-order valence-electron chi connectivity index (χ1n) is 9.33. The fraction of sp³-hybridized carbons (Fsp3) is 0.182. The minimum absolute atomic E-state index is 0.0468. The van der Waals surface area contributed by atoms with E-state index in [9.17, 15) is 33.1 Å². The first-order valence-corrected chi connectivity index (χ1v) is 9.78. The highest BCUT2D eigenvalue weighted by molar-refractivity contribution is 7.80. The molecule has 0 unspecified atom stereocenters. The van der Waals surface area contributed by atoms with Crippen LogP contribution in [0.2, 0.25) is 0 Å². The second-order valence-electron chi connectivity index (χ2n) is 7.09. The molecule has 2 aromatic rings. The van der Waals surface area contributed by atoms with Gasteiger partial charge in [0.25, 0.3) is 0 Å². The van der Waals surface area contributed by atoms with Crippen LogP contribution in [0.5, 0.6) is 0 Å². The van der Waals surface area contributed by atoms with Crippen molar-refractivity contribution in [2.45, 2.75) is 24.0 Å². The zero-order valence-electron chi connectivity index (χ0n) is 17.0. The number of rotatable bonds is 4. The van der Waals surface area contributed by atoms with Crippen molar-refractivity contribution in [2.24, 2.45) is 0 Å². The maximum absolute atomic E-state index is 13.4. The minimum atomic E-state index is -4.67. The van der Waals surface area contributed by atoms with Crippen LogP contribution in [0.25, 0.3) is 0 Å². The van der Waals surface area contributed by atoms with E-state index >= 15 is 0 Å². The van der Waals surface area contributed by atoms with E-state index in [0.29, 0.717) is 5.56 Å². The molecule has 0 spiro atoms. The molecule has 7 nitrogen and oxygen atoms in total. The Morgan fingerprint density at radius 1 is 1.18 bits per heavy atom. The van der Waals surface area contributed by atoms with Gasteiger partial charge in [-0.2, -0.15) is 23.7 Å². The van der Waals surface area contributed by atoms with E-state index in [2.05, 4.69) is 12.6 Å². The third-order valence-electron chi connectivity index (χ3n) is 5.06. The van der Waals surface area contributed by atoms with Crippen LogP contribution >= 0.6 is 12.6 Å². The number of nitriles is 2. The van der Waals surface area contributed by atoms with Crippen LogP contribution in [-0.2, 0) is 11.0 Å². The lowest BCUT2D eigenvalue weighted by molar-refractivity contribution is -0.138. The molecule has 1 aliphatic rings. The number of halogens is 3. The smallest absolute Gasteiger partial charge is 0.416 e. The van der Waals surface area contributed by atoms with Gasteiger partial charge in [-0.1, -0.05) is 12.1 Å². The number of hydrogen-bond donors (Lipinski definition) is 2. The topological polar surface area (TPSA) is 108 Å². The van der Waals surface area contributed by atoms with E-state index in [-0.39, 0.29) is 27.4 Å². The van der Waals surface area contributed by atoms with E-state index in [4.69, 9.17) is 5.26 Å². The number of carboxylic acid groups (broad SMARTS) is 1. The summed E-state index contributed by atoms with van der Waals surface area (Å²) in [6.07, 6.45) is -4.67. The van der Waals surface area contributed by atoms with Gasteiger partial charge < -0.3 is 10.0 Å². The molecular weight excluding hydrogens is 457 g/mol. The summed E-state index contributed by atoms with van der Waals surface area (Å²) in [7, 11) is 0. The third-order valence-corrected chi connectivity index (χ3v) is 5.45. The fourth-order valence-electron chi connectivity index (χ4n) is 3.60. The van der Waals surface area contributed by atoms with Gasteiger partial charge in [-0.05, 0) is 42.8 Å². The normalized spacial score (nSPS) is 16.5. The van der Waals surface area contributed by atoms with Gasteiger partial charge in [0.15, 0.2) is 0 Å². The molecule has 33 heavy (non-hydrogen) atoms. The van der Waals surface area contributed by atoms with Crippen LogP contribution < -0.4 is 4.90 Å². The molecule has 1 aliphatic heterocycles. The maximum atomic E-state index is 13.4. The van der Waals surface area contributed by atoms with Crippen molar-refractivity contribution in [1.29, 1.82) is 10.5 Å². The van der Waals surface area contributed by atoms with Crippen molar-refractivity contribution < 1.29 is 27.9 Å². The quantitative estimate of drug-likeness (QED) is 0.626. The number of carbonyl (C=O) groups is 2. The summed E-state index contributed by atoms with van der Waals surface area (Å²) < 4.78 is 39.7. The van der Waals surface area contributed by atoms with Gasteiger partial charge in [-0.3, -0.25) is 9.69 Å². The number of hydrogen-bond acceptors (Lipinski definition) is 5. The van der Waals surface area contributed by atoms with Crippen molar-refractivity contribution in [3.63, 3.8) is 0 Å². The van der Waals surface area contributed by atoms with Gasteiger partial charge in [0.05, 0.1) is 40.6 Å². The first-order chi connectivity index (χ1) is 15.5. The lowest BCUT2D eigenvalue weighted by Gasteiger charge is -2.41. The Kier molecular flexibility index (Phi) is 6.38. The number of nitrogens with zero attached hydrogens (tertiary/aromatic N) is 4. The largest absolute Gasteiger partial charge is 0.480 e. The number of amides is 2. The maximum Gasteiger partial charge on any atom is 0.416 e. The number of thiol groups is 1. The number of carbonyl (C=O) groups excluding carboxylic acids is 1. The van der Waals surface area contributed by atoms with E-state index < -0.39 is 36.3 Å². The van der Waals surface area contributed by atoms with Crippen LogP contribution in [0.3, 0.4) is 0 Å². The van der Waals surface area contributed by atoms with E-state index in [1.54, 1.807) is 0 Å². The number of urea groups is 1. The number of carboxylic acids is 1. The van der Waals surface area contributed by atoms with Crippen molar-refractivity contribution >= 4 is 30.3 Å². The van der Waals surface area contributed by atoms with Crippen LogP contribution in [-0.4, -0.2) is 28.6 Å². The lowest BCUT2D eigenvalue weighted by atomic mass is 9.93. The molecule has 168 valence electrons. The second kappa shape index (κ2) is 8.88. The monoisotopic (exact) mass is 472 g/mol. The first kappa shape index (κ1) is 23.7. The predicted octanol–water partition coefficient (Wildman–Crippen LogP) is 4.73. The van der Waals surface area contributed by atoms with Crippen LogP contribution in [0.4, 0.5) is 23.7 Å². The second-order valence-corrected chi connectivity index (χ2v) is 7.57. The Bertz CT molecular complexity index is 1260. The molecule has 0 aromatic heterocycles. The van der Waals surface area contributed by atoms with Crippen molar-refractivity contribution in [2.75, 3.05) is 11.4 Å². The van der Waals surface area contributed by atoms with E-state index in [1.807, 2.05) is 12.1 Å². The Hall–Kier alpha value is -3.96. The summed E-state index contributed by atoms with van der Waals surface area (Å²) in [6, 6.07) is 10.1. The molecule has 1 N–H and O–H groups in total. The summed E-state index contributed by atoms with van der Waals surface area (Å²) in [5.74, 6) is -1.39. The number of allylic oxidation sites excluding steroid dienone is 1. The minimum Gasteiger partial charge on any atom is -0.480 e. The van der Waals surface area contributed by atoms with E-state index in [0.717, 1.165) is 28.0 Å². The molecule has 0 saturated heterocycles. The molecule has 0 saturated carbocycles. The summed E-state index contributed by atoms with van der Waals surface area (Å²) in [5, 5.41) is 28.4. The molecule has 0 aliphatic carbocycles. The Labute approximate surface area is 192 Å². The predicted molar refractivity (Wildman–Crippen MR) is 113 cm³/mol. The molecule has 0 radical (unpaired) electrons. The van der Waals surface area contributed by atoms with Crippen molar-refractivity contribution in [1.82, 2.24) is 4.90 Å². The summed E-state index contributed by atoms with van der Waals surface area (Å²) in [6.45, 7) is 0.564. The average molecular weight is 472 g/mol. The summed E-state index contributed by atoms with van der Waals surface area (Å²) in [5.41, 5.74) is -0.610. The molecule has 0 fully saturated rings. The summed E-state index contributed by atoms with van der Waals surface area (Å²) >= 11 is 4.33. The Morgan fingerprint density at radius 3 is 2.42 bits per heavy atom. The number of benzene rings is 2. The van der Waals surface area contributed by atoms with Crippen LogP contribution in [0, 0.1) is 22.7 Å². The molecule has 2 amide bonds. The number of alkyl halides is 3. The van der Waals surface area contributed by atoms with Gasteiger partial charge in [-0.25, -0.2) is 4.79 Å². The average Bonchev–Trinajstić information content (AvgIpc) is 2.75. The molecular formula is C22H15F3N4O3S. The zero-order valence-corrected chi connectivity index (χ0v) is 17.9. The molecule has 2 aromatic carbocycles. The number of anilines is 1. The fourth-order valence-corrected chi connectivity index (χ4v) is 3.93. The molecule has 3 rings (SSSR count). The third kappa shape index (κ3) is 4.49. The van der Waals surface area contributed by atoms with Crippen LogP contribution in [0.1, 0.15) is 29.7 Å². The molecule has 11 heteroatoms. The van der Waals surface area contributed by atoms with E-state index in [1.165, 1.54) is 31.2 Å². The van der Waals surface area contributed by atoms with Crippen molar-refractivity contribution in [3.8, 4) is 12.1 Å². The van der Waals surface area contributed by atoms with Gasteiger partial charge in [-0.15, -0.1) is 12.6 Å². The van der Waals surface area contributed by atoms with Crippen LogP contribution in [0.15, 0.2) is 58.6 Å². The Balaban J connectivity index is 2.25. The van der Waals surface area contributed by atoms with Gasteiger partial charge in [0, 0.05) is 10.6 Å². The molecule has 0 bridgehead atoms. The summed E-state index contributed by atoms with van der Waals surface area (Å²) in [4.78, 5) is 27.0. The molecule has 1 atom stereocenters. The van der Waals surface area contributed by atoms with Crippen molar-refractivity contribution in [3.05, 3.63) is 70.4 Å². The zero-order chi connectivity index (χ0) is 24.5.